The number of hydrazine groups is 1. The molecule has 11 heteroatoms. The van der Waals surface area contributed by atoms with Crippen molar-refractivity contribution in [2.45, 2.75) is 83.9 Å². The highest BCUT2D eigenvalue weighted by molar-refractivity contribution is 5.84. The Labute approximate surface area is 179 Å². The summed E-state index contributed by atoms with van der Waals surface area (Å²) in [5, 5.41) is 15.0. The molecule has 0 saturated heterocycles. The zero-order chi connectivity index (χ0) is 23.1. The van der Waals surface area contributed by atoms with Gasteiger partial charge in [-0.05, 0) is 45.1 Å². The van der Waals surface area contributed by atoms with E-state index in [2.05, 4.69) is 21.5 Å². The van der Waals surface area contributed by atoms with E-state index in [-0.39, 0.29) is 5.92 Å². The van der Waals surface area contributed by atoms with Crippen molar-refractivity contribution < 1.29 is 24.2 Å². The predicted molar refractivity (Wildman–Crippen MR) is 114 cm³/mol. The fraction of sp³-hybridized carbons (Fsp3) is 0.842. The molecule has 4 atom stereocenters. The smallest absolute Gasteiger partial charge is 0.324 e. The second-order valence-corrected chi connectivity index (χ2v) is 7.72. The van der Waals surface area contributed by atoms with Gasteiger partial charge in [-0.1, -0.05) is 20.8 Å². The standard InChI is InChI=1S/C19H40N6O5/c1-5-9-30-18(29)15(10-12(2)3)25-24-14(7-6-8-22-19(20)21)17(28)23-16(11-26)13(4)27/h11-16,19,22,24-25,27H,5-10,20-21H2,1-4H3,(H,23,28)/t13-,14+,15+,16-/m1/s1. The summed E-state index contributed by atoms with van der Waals surface area (Å²) in [6.45, 7) is 8.07. The number of aliphatic hydroxyl groups is 1. The van der Waals surface area contributed by atoms with E-state index in [1.54, 1.807) is 0 Å². The number of ether oxygens (including phenoxy) is 1. The molecule has 0 heterocycles. The van der Waals surface area contributed by atoms with Crippen LogP contribution in [-0.2, 0) is 19.1 Å². The molecule has 1 amide bonds. The second-order valence-electron chi connectivity index (χ2n) is 7.72. The highest BCUT2D eigenvalue weighted by Crippen LogP contribution is 2.07. The zero-order valence-electron chi connectivity index (χ0n) is 18.5. The lowest BCUT2D eigenvalue weighted by atomic mass is 10.0. The highest BCUT2D eigenvalue weighted by atomic mass is 16.5. The van der Waals surface area contributed by atoms with Crippen LogP contribution < -0.4 is 33.0 Å². The molecule has 0 aliphatic heterocycles. The van der Waals surface area contributed by atoms with E-state index in [1.807, 2.05) is 20.8 Å². The molecule has 0 aliphatic carbocycles. The van der Waals surface area contributed by atoms with Gasteiger partial charge in [0.1, 0.15) is 24.7 Å². The summed E-state index contributed by atoms with van der Waals surface area (Å²) in [5.74, 6) is -0.666. The molecule has 0 aromatic rings. The molecule has 0 aliphatic rings. The normalized spacial score (nSPS) is 15.5. The minimum absolute atomic E-state index is 0.218. The predicted octanol–water partition coefficient (Wildman–Crippen LogP) is -1.55. The molecule has 0 fully saturated rings. The molecule has 30 heavy (non-hydrogen) atoms. The lowest BCUT2D eigenvalue weighted by Gasteiger charge is -2.26. The van der Waals surface area contributed by atoms with E-state index in [9.17, 15) is 19.5 Å². The van der Waals surface area contributed by atoms with Crippen molar-refractivity contribution in [3.8, 4) is 0 Å². The molecular formula is C19H40N6O5. The third kappa shape index (κ3) is 12.8. The molecular weight excluding hydrogens is 392 g/mol. The van der Waals surface area contributed by atoms with Crippen molar-refractivity contribution >= 4 is 18.2 Å². The first kappa shape index (κ1) is 28.4. The summed E-state index contributed by atoms with van der Waals surface area (Å²) >= 11 is 0. The molecule has 0 aromatic carbocycles. The minimum Gasteiger partial charge on any atom is -0.465 e. The topological polar surface area (TPSA) is 181 Å². The molecule has 176 valence electrons. The monoisotopic (exact) mass is 432 g/mol. The van der Waals surface area contributed by atoms with E-state index in [0.717, 1.165) is 0 Å². The molecule has 0 radical (unpaired) electrons. The average Bonchev–Trinajstić information content (AvgIpc) is 2.67. The number of carbonyl (C=O) groups is 3. The van der Waals surface area contributed by atoms with Gasteiger partial charge in [0, 0.05) is 0 Å². The number of amides is 1. The number of nitrogens with one attached hydrogen (secondary N) is 4. The van der Waals surface area contributed by atoms with E-state index >= 15 is 0 Å². The lowest BCUT2D eigenvalue weighted by molar-refractivity contribution is -0.147. The van der Waals surface area contributed by atoms with Gasteiger partial charge in [0.05, 0.1) is 18.8 Å². The first-order chi connectivity index (χ1) is 14.1. The Bertz CT molecular complexity index is 504. The van der Waals surface area contributed by atoms with Crippen LogP contribution in [0.3, 0.4) is 0 Å². The van der Waals surface area contributed by atoms with Gasteiger partial charge in [-0.15, -0.1) is 0 Å². The molecule has 9 N–H and O–H groups in total. The van der Waals surface area contributed by atoms with Crippen molar-refractivity contribution in [2.75, 3.05) is 13.2 Å². The Morgan fingerprint density at radius 3 is 2.27 bits per heavy atom. The largest absolute Gasteiger partial charge is 0.465 e. The summed E-state index contributed by atoms with van der Waals surface area (Å²) in [6.07, 6.45) is 0.914. The van der Waals surface area contributed by atoms with Crippen LogP contribution in [0, 0.1) is 5.92 Å². The molecule has 0 aromatic heterocycles. The van der Waals surface area contributed by atoms with Gasteiger partial charge >= 0.3 is 5.97 Å². The van der Waals surface area contributed by atoms with Crippen LogP contribution in [0.5, 0.6) is 0 Å². The molecule has 0 bridgehead atoms. The van der Waals surface area contributed by atoms with Crippen LogP contribution in [0.15, 0.2) is 0 Å². The minimum atomic E-state index is -1.03. The quantitative estimate of drug-likeness (QED) is 0.0467. The van der Waals surface area contributed by atoms with Crippen molar-refractivity contribution in [3.05, 3.63) is 0 Å². The molecule has 0 spiro atoms. The van der Waals surface area contributed by atoms with Gasteiger partial charge in [0.25, 0.3) is 0 Å². The molecule has 0 saturated carbocycles. The second kappa shape index (κ2) is 16.1. The SMILES string of the molecule is CCCOC(=O)[C@H](CC(C)C)NN[C@@H](CCCNC(N)N)C(=O)N[C@H](C=O)[C@@H](C)O. The van der Waals surface area contributed by atoms with Crippen LogP contribution in [-0.4, -0.2) is 66.9 Å². The van der Waals surface area contributed by atoms with E-state index < -0.39 is 42.4 Å². The fourth-order valence-electron chi connectivity index (χ4n) is 2.57. The number of aldehydes is 1. The number of nitrogens with two attached hydrogens (primary N) is 2. The van der Waals surface area contributed by atoms with E-state index in [0.29, 0.717) is 45.1 Å². The van der Waals surface area contributed by atoms with Gasteiger partial charge < -0.3 is 31.4 Å². The average molecular weight is 433 g/mol. The first-order valence-electron chi connectivity index (χ1n) is 10.5. The van der Waals surface area contributed by atoms with Gasteiger partial charge in [-0.25, -0.2) is 10.9 Å². The summed E-state index contributed by atoms with van der Waals surface area (Å²) in [5.41, 5.74) is 16.7. The number of hydrogen-bond acceptors (Lipinski definition) is 10. The van der Waals surface area contributed by atoms with Crippen LogP contribution >= 0.6 is 0 Å². The van der Waals surface area contributed by atoms with Crippen molar-refractivity contribution in [3.63, 3.8) is 0 Å². The maximum Gasteiger partial charge on any atom is 0.324 e. The Morgan fingerprint density at radius 1 is 1.13 bits per heavy atom. The van der Waals surface area contributed by atoms with Gasteiger partial charge in [0.2, 0.25) is 5.91 Å². The van der Waals surface area contributed by atoms with Crippen LogP contribution in [0.4, 0.5) is 0 Å². The van der Waals surface area contributed by atoms with Crippen LogP contribution in [0.1, 0.15) is 53.4 Å². The number of esters is 1. The number of aliphatic hydroxyl groups excluding tert-OH is 1. The van der Waals surface area contributed by atoms with E-state index in [4.69, 9.17) is 16.2 Å². The lowest BCUT2D eigenvalue weighted by Crippen LogP contribution is -2.58. The summed E-state index contributed by atoms with van der Waals surface area (Å²) in [7, 11) is 0. The maximum atomic E-state index is 12.7. The number of hydrogen-bond donors (Lipinski definition) is 7. The fourth-order valence-corrected chi connectivity index (χ4v) is 2.57. The first-order valence-corrected chi connectivity index (χ1v) is 10.5. The van der Waals surface area contributed by atoms with E-state index in [1.165, 1.54) is 6.92 Å². The van der Waals surface area contributed by atoms with Gasteiger partial charge in [0.15, 0.2) is 0 Å². The number of carbonyl (C=O) groups excluding carboxylic acids is 3. The maximum absolute atomic E-state index is 12.7. The molecule has 11 nitrogen and oxygen atoms in total. The van der Waals surface area contributed by atoms with Crippen molar-refractivity contribution in [2.24, 2.45) is 17.4 Å². The third-order valence-corrected chi connectivity index (χ3v) is 4.21. The zero-order valence-corrected chi connectivity index (χ0v) is 18.5. The van der Waals surface area contributed by atoms with Crippen LogP contribution in [0.25, 0.3) is 0 Å². The van der Waals surface area contributed by atoms with Crippen molar-refractivity contribution in [1.29, 1.82) is 0 Å². The van der Waals surface area contributed by atoms with Gasteiger partial charge in [-0.3, -0.25) is 14.9 Å². The van der Waals surface area contributed by atoms with Crippen LogP contribution in [0.2, 0.25) is 0 Å². The Kier molecular flexibility index (Phi) is 15.2. The molecule has 0 rings (SSSR count). The Balaban J connectivity index is 5.08. The Hall–Kier alpha value is -1.63. The van der Waals surface area contributed by atoms with Crippen molar-refractivity contribution in [1.82, 2.24) is 21.5 Å². The van der Waals surface area contributed by atoms with Gasteiger partial charge in [-0.2, -0.15) is 0 Å². The summed E-state index contributed by atoms with van der Waals surface area (Å²) in [6, 6.07) is -2.44. The Morgan fingerprint density at radius 2 is 1.77 bits per heavy atom. The summed E-state index contributed by atoms with van der Waals surface area (Å²) in [4.78, 5) is 36.1. The summed E-state index contributed by atoms with van der Waals surface area (Å²) < 4.78 is 5.23. The number of rotatable bonds is 17. The third-order valence-electron chi connectivity index (χ3n) is 4.21. The highest BCUT2D eigenvalue weighted by Gasteiger charge is 2.26. The molecule has 0 unspecified atom stereocenters.